The Labute approximate surface area is 113 Å². The van der Waals surface area contributed by atoms with E-state index >= 15 is 0 Å². The number of aromatic nitrogens is 2. The van der Waals surface area contributed by atoms with Gasteiger partial charge in [0.05, 0.1) is 6.61 Å². The van der Waals surface area contributed by atoms with Crippen molar-refractivity contribution in [3.63, 3.8) is 0 Å². The summed E-state index contributed by atoms with van der Waals surface area (Å²) in [6, 6.07) is 0. The fraction of sp³-hybridized carbons (Fsp3) is 0.846. The van der Waals surface area contributed by atoms with Gasteiger partial charge in [-0.15, -0.1) is 0 Å². The van der Waals surface area contributed by atoms with Crippen LogP contribution in [-0.2, 0) is 4.74 Å². The van der Waals surface area contributed by atoms with Crippen molar-refractivity contribution in [3.8, 4) is 0 Å². The van der Waals surface area contributed by atoms with Crippen molar-refractivity contribution >= 4 is 16.7 Å². The van der Waals surface area contributed by atoms with Crippen LogP contribution in [0.4, 0.5) is 5.13 Å². The monoisotopic (exact) mass is 269 g/mol. The predicted octanol–water partition coefficient (Wildman–Crippen LogP) is 3.28. The molecule has 0 amide bonds. The van der Waals surface area contributed by atoms with Crippen LogP contribution in [0.2, 0.25) is 0 Å². The molecule has 4 nitrogen and oxygen atoms in total. The molecular formula is C13H23N3OS. The quantitative estimate of drug-likeness (QED) is 0.805. The van der Waals surface area contributed by atoms with E-state index in [1.165, 1.54) is 43.6 Å². The average Bonchev–Trinajstić information content (AvgIpc) is 2.88. The van der Waals surface area contributed by atoms with Crippen LogP contribution in [0.5, 0.6) is 0 Å². The molecule has 1 aliphatic rings. The molecule has 1 fully saturated rings. The van der Waals surface area contributed by atoms with E-state index in [1.807, 2.05) is 0 Å². The van der Waals surface area contributed by atoms with E-state index in [2.05, 4.69) is 21.6 Å². The van der Waals surface area contributed by atoms with Crippen LogP contribution in [0.25, 0.3) is 0 Å². The smallest absolute Gasteiger partial charge is 0.202 e. The van der Waals surface area contributed by atoms with Gasteiger partial charge in [0.15, 0.2) is 0 Å². The summed E-state index contributed by atoms with van der Waals surface area (Å²) in [5, 5.41) is 4.18. The number of anilines is 1. The van der Waals surface area contributed by atoms with Crippen molar-refractivity contribution in [2.45, 2.75) is 44.9 Å². The molecule has 2 rings (SSSR count). The number of hydrogen-bond donors (Lipinski definition) is 1. The Kier molecular flexibility index (Phi) is 5.38. The first-order valence-corrected chi connectivity index (χ1v) is 7.67. The first kappa shape index (κ1) is 13.7. The van der Waals surface area contributed by atoms with Crippen LogP contribution in [0.1, 0.15) is 50.8 Å². The summed E-state index contributed by atoms with van der Waals surface area (Å²) < 4.78 is 9.50. The van der Waals surface area contributed by atoms with E-state index in [-0.39, 0.29) is 0 Å². The third kappa shape index (κ3) is 3.65. The van der Waals surface area contributed by atoms with Crippen molar-refractivity contribution < 1.29 is 4.74 Å². The fourth-order valence-electron chi connectivity index (χ4n) is 2.56. The molecule has 0 aliphatic heterocycles. The van der Waals surface area contributed by atoms with Gasteiger partial charge in [-0.3, -0.25) is 0 Å². The topological polar surface area (TPSA) is 47.0 Å². The summed E-state index contributed by atoms with van der Waals surface area (Å²) in [6.07, 6.45) is 6.51. The second-order valence-electron chi connectivity index (χ2n) is 5.00. The summed E-state index contributed by atoms with van der Waals surface area (Å²) in [4.78, 5) is 4.60. The highest BCUT2D eigenvalue weighted by Crippen LogP contribution is 2.36. The normalized spacial score (nSPS) is 24.1. The Balaban J connectivity index is 1.82. The van der Waals surface area contributed by atoms with E-state index < -0.39 is 0 Å². The lowest BCUT2D eigenvalue weighted by Crippen LogP contribution is -2.13. The molecule has 1 aliphatic carbocycles. The van der Waals surface area contributed by atoms with Gasteiger partial charge in [-0.25, -0.2) is 4.98 Å². The molecule has 18 heavy (non-hydrogen) atoms. The van der Waals surface area contributed by atoms with Gasteiger partial charge in [0.25, 0.3) is 0 Å². The Morgan fingerprint density at radius 2 is 2.11 bits per heavy atom. The molecule has 0 bridgehead atoms. The van der Waals surface area contributed by atoms with Gasteiger partial charge in [-0.1, -0.05) is 13.3 Å². The summed E-state index contributed by atoms with van der Waals surface area (Å²) in [7, 11) is 1.71. The van der Waals surface area contributed by atoms with Crippen LogP contribution in [0.3, 0.4) is 0 Å². The minimum Gasteiger partial charge on any atom is -0.383 e. The van der Waals surface area contributed by atoms with Crippen LogP contribution < -0.4 is 5.32 Å². The average molecular weight is 269 g/mol. The number of methoxy groups -OCH3 is 1. The number of nitrogens with one attached hydrogen (secondary N) is 1. The zero-order valence-electron chi connectivity index (χ0n) is 11.3. The standard InChI is InChI=1S/C13H23N3OS/c1-3-10-4-6-11(7-5-10)12-15-13(18-16-12)14-8-9-17-2/h10-11H,3-9H2,1-2H3,(H,14,15,16). The maximum atomic E-state index is 5.00. The van der Waals surface area contributed by atoms with Crippen molar-refractivity contribution in [2.75, 3.05) is 25.6 Å². The van der Waals surface area contributed by atoms with E-state index in [9.17, 15) is 0 Å². The molecule has 102 valence electrons. The lowest BCUT2D eigenvalue weighted by atomic mass is 9.80. The van der Waals surface area contributed by atoms with Gasteiger partial charge in [0, 0.05) is 31.1 Å². The molecule has 0 saturated heterocycles. The van der Waals surface area contributed by atoms with Crippen LogP contribution in [0, 0.1) is 5.92 Å². The molecular weight excluding hydrogens is 246 g/mol. The summed E-state index contributed by atoms with van der Waals surface area (Å²) >= 11 is 1.47. The van der Waals surface area contributed by atoms with Crippen molar-refractivity contribution in [1.82, 2.24) is 9.36 Å². The zero-order chi connectivity index (χ0) is 12.8. The Hall–Kier alpha value is -0.680. The SMILES string of the molecule is CCC1CCC(c2nsc(NCCOC)n2)CC1. The third-order valence-corrected chi connectivity index (χ3v) is 4.50. The van der Waals surface area contributed by atoms with Gasteiger partial charge >= 0.3 is 0 Å². The largest absolute Gasteiger partial charge is 0.383 e. The molecule has 0 aromatic carbocycles. The molecule has 1 aromatic heterocycles. The van der Waals surface area contributed by atoms with Gasteiger partial charge in [-0.2, -0.15) is 4.37 Å². The molecule has 0 unspecified atom stereocenters. The molecule has 5 heteroatoms. The fourth-order valence-corrected chi connectivity index (χ4v) is 3.23. The molecule has 0 spiro atoms. The minimum absolute atomic E-state index is 0.585. The molecule has 1 heterocycles. The second kappa shape index (κ2) is 7.04. The van der Waals surface area contributed by atoms with Crippen LogP contribution >= 0.6 is 11.5 Å². The maximum Gasteiger partial charge on any atom is 0.202 e. The summed E-state index contributed by atoms with van der Waals surface area (Å²) in [5.41, 5.74) is 0. The summed E-state index contributed by atoms with van der Waals surface area (Å²) in [6.45, 7) is 3.80. The zero-order valence-corrected chi connectivity index (χ0v) is 12.1. The van der Waals surface area contributed by atoms with Gasteiger partial charge < -0.3 is 10.1 Å². The Morgan fingerprint density at radius 3 is 2.78 bits per heavy atom. The number of ether oxygens (including phenoxy) is 1. The first-order valence-electron chi connectivity index (χ1n) is 6.90. The van der Waals surface area contributed by atoms with Gasteiger partial charge in [0.2, 0.25) is 5.13 Å². The highest BCUT2D eigenvalue weighted by atomic mass is 32.1. The number of hydrogen-bond acceptors (Lipinski definition) is 5. The molecule has 1 aromatic rings. The summed E-state index contributed by atoms with van der Waals surface area (Å²) in [5.74, 6) is 2.57. The van der Waals surface area contributed by atoms with Crippen molar-refractivity contribution in [3.05, 3.63) is 5.82 Å². The Bertz CT molecular complexity index is 348. The Morgan fingerprint density at radius 1 is 1.33 bits per heavy atom. The first-order chi connectivity index (χ1) is 8.83. The molecule has 0 radical (unpaired) electrons. The van der Waals surface area contributed by atoms with Crippen LogP contribution in [-0.4, -0.2) is 29.6 Å². The maximum absolute atomic E-state index is 5.00. The third-order valence-electron chi connectivity index (χ3n) is 3.81. The molecule has 1 N–H and O–H groups in total. The van der Waals surface area contributed by atoms with Gasteiger partial charge in [-0.05, 0) is 31.6 Å². The van der Waals surface area contributed by atoms with E-state index in [0.717, 1.165) is 23.4 Å². The van der Waals surface area contributed by atoms with E-state index in [4.69, 9.17) is 4.74 Å². The highest BCUT2D eigenvalue weighted by Gasteiger charge is 2.24. The van der Waals surface area contributed by atoms with Crippen LogP contribution in [0.15, 0.2) is 0 Å². The second-order valence-corrected chi connectivity index (χ2v) is 5.76. The predicted molar refractivity (Wildman–Crippen MR) is 75.3 cm³/mol. The minimum atomic E-state index is 0.585. The molecule has 1 saturated carbocycles. The van der Waals surface area contributed by atoms with E-state index in [1.54, 1.807) is 7.11 Å². The number of nitrogens with zero attached hydrogens (tertiary/aromatic N) is 2. The number of rotatable bonds is 6. The van der Waals surface area contributed by atoms with Gasteiger partial charge in [0.1, 0.15) is 5.82 Å². The van der Waals surface area contributed by atoms with Crippen molar-refractivity contribution in [2.24, 2.45) is 5.92 Å². The molecule has 0 atom stereocenters. The van der Waals surface area contributed by atoms with Crippen molar-refractivity contribution in [1.29, 1.82) is 0 Å². The lowest BCUT2D eigenvalue weighted by Gasteiger charge is -2.25. The van der Waals surface area contributed by atoms with E-state index in [0.29, 0.717) is 12.5 Å². The highest BCUT2D eigenvalue weighted by molar-refractivity contribution is 7.09. The lowest BCUT2D eigenvalue weighted by molar-refractivity contribution is 0.211.